The average molecular weight is 678 g/mol. The summed E-state index contributed by atoms with van der Waals surface area (Å²) in [6.45, 7) is 0.871. The molecule has 0 radical (unpaired) electrons. The smallest absolute Gasteiger partial charge is 0.423 e. The van der Waals surface area contributed by atoms with E-state index in [1.807, 2.05) is 4.90 Å². The van der Waals surface area contributed by atoms with Crippen LogP contribution in [0.2, 0.25) is 0 Å². The molecule has 17 heteroatoms. The van der Waals surface area contributed by atoms with Gasteiger partial charge in [0.1, 0.15) is 17.1 Å². The Balaban J connectivity index is 1.16. The van der Waals surface area contributed by atoms with Crippen molar-refractivity contribution in [2.45, 2.75) is 56.4 Å². The Morgan fingerprint density at radius 1 is 0.766 bits per heavy atom. The van der Waals surface area contributed by atoms with Crippen molar-refractivity contribution < 1.29 is 49.2 Å². The van der Waals surface area contributed by atoms with Gasteiger partial charge in [0.2, 0.25) is 0 Å². The highest BCUT2D eigenvalue weighted by Crippen LogP contribution is 2.40. The molecule has 2 aliphatic rings. The maximum Gasteiger partial charge on any atom is 0.423 e. The van der Waals surface area contributed by atoms with Crippen LogP contribution in [-0.2, 0) is 18.5 Å². The summed E-state index contributed by atoms with van der Waals surface area (Å²) in [7, 11) is 0. The lowest BCUT2D eigenvalue weighted by Gasteiger charge is -2.37. The first kappa shape index (κ1) is 33.9. The molecule has 47 heavy (non-hydrogen) atoms. The van der Waals surface area contributed by atoms with Crippen molar-refractivity contribution in [3.05, 3.63) is 81.5 Å². The number of alkyl halides is 9. The monoisotopic (exact) mass is 677 g/mol. The summed E-state index contributed by atoms with van der Waals surface area (Å²) in [6, 6.07) is 7.51. The molecule has 5 rings (SSSR count). The summed E-state index contributed by atoms with van der Waals surface area (Å²) in [4.78, 5) is 17.6. The normalized spacial score (nSPS) is 19.4. The number of nitrogens with zero attached hydrogens (tertiary/aromatic N) is 4. The molecule has 1 aliphatic carbocycles. The summed E-state index contributed by atoms with van der Waals surface area (Å²) >= 11 is 0. The Hall–Kier alpha value is -4.44. The molecule has 0 amide bonds. The van der Waals surface area contributed by atoms with Gasteiger partial charge in [-0.05, 0) is 62.1 Å². The van der Waals surface area contributed by atoms with Gasteiger partial charge in [-0.15, -0.1) is 0 Å². The van der Waals surface area contributed by atoms with Crippen LogP contribution in [0.4, 0.5) is 62.4 Å². The molecule has 2 heterocycles. The van der Waals surface area contributed by atoms with Crippen molar-refractivity contribution in [3.8, 4) is 5.75 Å². The van der Waals surface area contributed by atoms with Crippen LogP contribution >= 0.6 is 0 Å². The quantitative estimate of drug-likeness (QED) is 0.154. The molecular formula is C30H28F9N5O3. The molecule has 1 aromatic heterocycles. The predicted molar refractivity (Wildman–Crippen MR) is 154 cm³/mol. The minimum atomic E-state index is -4.94. The lowest BCUT2D eigenvalue weighted by molar-refractivity contribution is -0.388. The molecule has 254 valence electrons. The molecule has 1 saturated heterocycles. The lowest BCUT2D eigenvalue weighted by Crippen LogP contribution is -2.47. The molecule has 1 aliphatic heterocycles. The van der Waals surface area contributed by atoms with Crippen molar-refractivity contribution >= 4 is 22.9 Å². The zero-order valence-electron chi connectivity index (χ0n) is 24.4. The Morgan fingerprint density at radius 3 is 1.91 bits per heavy atom. The van der Waals surface area contributed by atoms with Crippen molar-refractivity contribution in [2.75, 3.05) is 41.3 Å². The number of rotatable bonds is 7. The van der Waals surface area contributed by atoms with Crippen LogP contribution in [-0.4, -0.2) is 48.2 Å². The van der Waals surface area contributed by atoms with E-state index < -0.39 is 45.8 Å². The third-order valence-electron chi connectivity index (χ3n) is 8.10. The average Bonchev–Trinajstić information content (AvgIpc) is 3.00. The van der Waals surface area contributed by atoms with E-state index in [0.717, 1.165) is 12.1 Å². The minimum absolute atomic E-state index is 0.101. The van der Waals surface area contributed by atoms with E-state index in [0.29, 0.717) is 49.4 Å². The third kappa shape index (κ3) is 8.29. The molecule has 1 saturated carbocycles. The maximum atomic E-state index is 13.3. The predicted octanol–water partition coefficient (Wildman–Crippen LogP) is 8.17. The summed E-state index contributed by atoms with van der Waals surface area (Å²) in [5.41, 5.74) is -5.14. The minimum Gasteiger partial charge on any atom is -0.490 e. The van der Waals surface area contributed by atoms with E-state index in [2.05, 4.69) is 10.3 Å². The number of aromatic nitrogens is 1. The fraction of sp³-hybridized carbons (Fsp3) is 0.433. The summed E-state index contributed by atoms with van der Waals surface area (Å²) in [5.74, 6) is 1.03. The molecule has 0 bridgehead atoms. The molecule has 0 unspecified atom stereocenters. The Morgan fingerprint density at radius 2 is 1.36 bits per heavy atom. The number of nitro benzene ring substituents is 1. The topological polar surface area (TPSA) is 83.8 Å². The molecule has 2 fully saturated rings. The first-order chi connectivity index (χ1) is 22.0. The number of piperazine rings is 1. The van der Waals surface area contributed by atoms with Crippen molar-refractivity contribution in [1.82, 2.24) is 4.98 Å². The highest BCUT2D eigenvalue weighted by Gasteiger charge is 2.39. The van der Waals surface area contributed by atoms with E-state index in [1.54, 1.807) is 12.1 Å². The Kier molecular flexibility index (Phi) is 9.37. The zero-order valence-corrected chi connectivity index (χ0v) is 24.4. The van der Waals surface area contributed by atoms with Crippen LogP contribution in [0.15, 0.2) is 54.7 Å². The van der Waals surface area contributed by atoms with Crippen LogP contribution in [0.25, 0.3) is 0 Å². The molecule has 3 aromatic rings. The first-order valence-corrected chi connectivity index (χ1v) is 14.5. The third-order valence-corrected chi connectivity index (χ3v) is 8.10. The van der Waals surface area contributed by atoms with Crippen LogP contribution in [0.1, 0.15) is 42.4 Å². The number of benzene rings is 2. The van der Waals surface area contributed by atoms with Crippen LogP contribution in [0.5, 0.6) is 5.75 Å². The highest BCUT2D eigenvalue weighted by molar-refractivity contribution is 5.56. The van der Waals surface area contributed by atoms with Gasteiger partial charge in [-0.1, -0.05) is 0 Å². The number of hydrogen-bond donors (Lipinski definition) is 1. The van der Waals surface area contributed by atoms with Gasteiger partial charge < -0.3 is 19.9 Å². The second-order valence-corrected chi connectivity index (χ2v) is 11.3. The molecular weight excluding hydrogens is 649 g/mol. The highest BCUT2D eigenvalue weighted by atomic mass is 19.4. The van der Waals surface area contributed by atoms with Crippen molar-refractivity contribution in [2.24, 2.45) is 0 Å². The van der Waals surface area contributed by atoms with Gasteiger partial charge in [0.15, 0.2) is 0 Å². The second-order valence-electron chi connectivity index (χ2n) is 11.3. The van der Waals surface area contributed by atoms with Gasteiger partial charge in [-0.3, -0.25) is 10.1 Å². The van der Waals surface area contributed by atoms with Crippen LogP contribution in [0.3, 0.4) is 0 Å². The summed E-state index contributed by atoms with van der Waals surface area (Å²) in [5, 5.41) is 14.0. The summed E-state index contributed by atoms with van der Waals surface area (Å²) < 4.78 is 126. The summed E-state index contributed by atoms with van der Waals surface area (Å²) in [6.07, 6.45) is -11.2. The van der Waals surface area contributed by atoms with Crippen LogP contribution < -0.4 is 19.9 Å². The van der Waals surface area contributed by atoms with Gasteiger partial charge in [-0.25, -0.2) is 4.98 Å². The molecule has 2 aromatic carbocycles. The SMILES string of the molecule is O=[N+]([O-])c1ccc(N[C@H]2CC[C@H](Oc3ccnc(N4CCN(c5cc(C(F)(F)F)cc(C(F)(F)F)c5)CC4)c3)CC2)cc1C(F)(F)F. The molecule has 8 nitrogen and oxygen atoms in total. The Labute approximate surface area is 262 Å². The number of pyridine rings is 1. The van der Waals surface area contributed by atoms with E-state index in [4.69, 9.17) is 4.74 Å². The molecule has 1 N–H and O–H groups in total. The van der Waals surface area contributed by atoms with E-state index in [9.17, 15) is 49.6 Å². The van der Waals surface area contributed by atoms with E-state index in [-0.39, 0.29) is 55.8 Å². The van der Waals surface area contributed by atoms with Crippen LogP contribution in [0, 0.1) is 10.1 Å². The Bertz CT molecular complexity index is 1550. The first-order valence-electron chi connectivity index (χ1n) is 14.5. The van der Waals surface area contributed by atoms with Gasteiger partial charge >= 0.3 is 18.5 Å². The van der Waals surface area contributed by atoms with Gasteiger partial charge in [0.05, 0.1) is 22.2 Å². The number of nitro groups is 1. The van der Waals surface area contributed by atoms with Crippen molar-refractivity contribution in [1.29, 1.82) is 0 Å². The fourth-order valence-corrected chi connectivity index (χ4v) is 5.73. The maximum absolute atomic E-state index is 13.3. The zero-order chi connectivity index (χ0) is 34.1. The molecule has 0 atom stereocenters. The second kappa shape index (κ2) is 13.0. The number of nitrogens with one attached hydrogen (secondary N) is 1. The lowest BCUT2D eigenvalue weighted by atomic mass is 9.92. The van der Waals surface area contributed by atoms with Gasteiger partial charge in [-0.2, -0.15) is 39.5 Å². The number of ether oxygens (including phenoxy) is 1. The standard InChI is InChI=1S/C30H28F9N5O3/c31-28(32,33)18-13-19(29(34,35)36)15-22(14-18)42-9-11-43(12-10-42)27-17-24(7-8-40-27)47-23-4-1-20(2-5-23)41-21-3-6-26(44(45)46)25(16-21)30(37,38)39/h3,6-8,13-17,20,23,41H,1-2,4-5,9-12H2/t20-,23-. The molecule has 0 spiro atoms. The van der Waals surface area contributed by atoms with Crippen molar-refractivity contribution in [3.63, 3.8) is 0 Å². The van der Waals surface area contributed by atoms with Gasteiger partial charge in [0.25, 0.3) is 5.69 Å². The number of halogens is 9. The van der Waals surface area contributed by atoms with E-state index >= 15 is 0 Å². The number of hydrogen-bond acceptors (Lipinski definition) is 7. The fourth-order valence-electron chi connectivity index (χ4n) is 5.73. The largest absolute Gasteiger partial charge is 0.490 e. The van der Waals surface area contributed by atoms with E-state index in [1.165, 1.54) is 17.2 Å². The van der Waals surface area contributed by atoms with Gasteiger partial charge in [0, 0.05) is 61.9 Å². The number of anilines is 3.